The third-order valence-corrected chi connectivity index (χ3v) is 2.57. The van der Waals surface area contributed by atoms with Gasteiger partial charge in [-0.25, -0.2) is 4.98 Å². The van der Waals surface area contributed by atoms with E-state index in [-0.39, 0.29) is 6.04 Å². The fourth-order valence-electron chi connectivity index (χ4n) is 1.69. The SMILES string of the molecule is COc1nccnc1CC(N)c1ccccc1. The number of hydrogen-bond acceptors (Lipinski definition) is 4. The molecule has 0 bridgehead atoms. The van der Waals surface area contributed by atoms with Crippen LogP contribution in [0.3, 0.4) is 0 Å². The van der Waals surface area contributed by atoms with Crippen molar-refractivity contribution in [2.24, 2.45) is 5.73 Å². The van der Waals surface area contributed by atoms with E-state index in [1.807, 2.05) is 30.3 Å². The predicted molar refractivity (Wildman–Crippen MR) is 65.7 cm³/mol. The first-order chi connectivity index (χ1) is 8.31. The fourth-order valence-corrected chi connectivity index (χ4v) is 1.69. The molecular formula is C13H15N3O. The van der Waals surface area contributed by atoms with Crippen LogP contribution < -0.4 is 10.5 Å². The normalized spacial score (nSPS) is 12.1. The molecule has 0 amide bonds. The minimum absolute atomic E-state index is 0.0956. The topological polar surface area (TPSA) is 61.0 Å². The molecule has 0 fully saturated rings. The van der Waals surface area contributed by atoms with Crippen LogP contribution in [-0.2, 0) is 6.42 Å². The van der Waals surface area contributed by atoms with Crippen LogP contribution >= 0.6 is 0 Å². The van der Waals surface area contributed by atoms with E-state index in [4.69, 9.17) is 10.5 Å². The molecule has 1 unspecified atom stereocenters. The summed E-state index contributed by atoms with van der Waals surface area (Å²) in [5.74, 6) is 0.541. The van der Waals surface area contributed by atoms with Gasteiger partial charge in [0, 0.05) is 24.9 Å². The molecule has 2 N–H and O–H groups in total. The summed E-state index contributed by atoms with van der Waals surface area (Å²) >= 11 is 0. The van der Waals surface area contributed by atoms with Gasteiger partial charge in [-0.1, -0.05) is 30.3 Å². The summed E-state index contributed by atoms with van der Waals surface area (Å²) in [6.07, 6.45) is 3.87. The van der Waals surface area contributed by atoms with Gasteiger partial charge in [0.15, 0.2) is 0 Å². The molecule has 88 valence electrons. The molecule has 0 spiro atoms. The van der Waals surface area contributed by atoms with Gasteiger partial charge < -0.3 is 10.5 Å². The molecular weight excluding hydrogens is 214 g/mol. The highest BCUT2D eigenvalue weighted by Gasteiger charge is 2.12. The van der Waals surface area contributed by atoms with Crippen molar-refractivity contribution in [2.45, 2.75) is 12.5 Å². The molecule has 1 atom stereocenters. The van der Waals surface area contributed by atoms with Gasteiger partial charge in [-0.15, -0.1) is 0 Å². The average Bonchev–Trinajstić information content (AvgIpc) is 2.40. The molecule has 0 aliphatic carbocycles. The molecule has 4 nitrogen and oxygen atoms in total. The molecule has 0 aliphatic rings. The Morgan fingerprint density at radius 3 is 2.59 bits per heavy atom. The second-order valence-corrected chi connectivity index (χ2v) is 3.73. The van der Waals surface area contributed by atoms with Gasteiger partial charge in [-0.3, -0.25) is 4.98 Å². The maximum atomic E-state index is 6.13. The number of hydrogen-bond donors (Lipinski definition) is 1. The summed E-state index contributed by atoms with van der Waals surface area (Å²) in [6.45, 7) is 0. The molecule has 1 aromatic heterocycles. The molecule has 4 heteroatoms. The summed E-state index contributed by atoms with van der Waals surface area (Å²) in [4.78, 5) is 8.35. The molecule has 1 heterocycles. The largest absolute Gasteiger partial charge is 0.480 e. The Bertz CT molecular complexity index is 473. The van der Waals surface area contributed by atoms with Crippen molar-refractivity contribution in [2.75, 3.05) is 7.11 Å². The third kappa shape index (κ3) is 2.79. The maximum absolute atomic E-state index is 6.13. The number of nitrogens with zero attached hydrogens (tertiary/aromatic N) is 2. The van der Waals surface area contributed by atoms with Gasteiger partial charge in [0.05, 0.1) is 7.11 Å². The Kier molecular flexibility index (Phi) is 3.67. The molecule has 0 saturated carbocycles. The first-order valence-corrected chi connectivity index (χ1v) is 5.45. The summed E-state index contributed by atoms with van der Waals surface area (Å²) in [5.41, 5.74) is 7.99. The maximum Gasteiger partial charge on any atom is 0.235 e. The highest BCUT2D eigenvalue weighted by atomic mass is 16.5. The van der Waals surface area contributed by atoms with Gasteiger partial charge in [0.25, 0.3) is 0 Å². The summed E-state index contributed by atoms with van der Waals surface area (Å²) in [5, 5.41) is 0. The molecule has 2 aromatic rings. The monoisotopic (exact) mass is 229 g/mol. The lowest BCUT2D eigenvalue weighted by Crippen LogP contribution is -2.14. The standard InChI is InChI=1S/C13H15N3O/c1-17-13-12(15-7-8-16-13)9-11(14)10-5-3-2-4-6-10/h2-8,11H,9,14H2,1H3. The van der Waals surface area contributed by atoms with Crippen molar-refractivity contribution in [3.05, 3.63) is 54.0 Å². The molecule has 0 aliphatic heterocycles. The van der Waals surface area contributed by atoms with Gasteiger partial charge in [0.2, 0.25) is 5.88 Å². The van der Waals surface area contributed by atoms with E-state index < -0.39 is 0 Å². The number of aromatic nitrogens is 2. The highest BCUT2D eigenvalue weighted by molar-refractivity contribution is 5.24. The zero-order valence-corrected chi connectivity index (χ0v) is 9.71. The number of ether oxygens (including phenoxy) is 1. The van der Waals surface area contributed by atoms with Crippen molar-refractivity contribution in [3.8, 4) is 5.88 Å². The number of methoxy groups -OCH3 is 1. The van der Waals surface area contributed by atoms with Crippen LogP contribution in [0.25, 0.3) is 0 Å². The number of benzene rings is 1. The predicted octanol–water partition coefficient (Wildman–Crippen LogP) is 1.73. The van der Waals surface area contributed by atoms with Crippen LogP contribution in [-0.4, -0.2) is 17.1 Å². The van der Waals surface area contributed by atoms with Crippen molar-refractivity contribution in [3.63, 3.8) is 0 Å². The lowest BCUT2D eigenvalue weighted by molar-refractivity contribution is 0.387. The molecule has 0 saturated heterocycles. The van der Waals surface area contributed by atoms with Crippen molar-refractivity contribution < 1.29 is 4.74 Å². The van der Waals surface area contributed by atoms with Gasteiger partial charge in [0.1, 0.15) is 5.69 Å². The lowest BCUT2D eigenvalue weighted by atomic mass is 10.0. The highest BCUT2D eigenvalue weighted by Crippen LogP contribution is 2.19. The summed E-state index contributed by atoms with van der Waals surface area (Å²) < 4.78 is 5.15. The first kappa shape index (κ1) is 11.5. The van der Waals surface area contributed by atoms with E-state index in [2.05, 4.69) is 9.97 Å². The minimum Gasteiger partial charge on any atom is -0.480 e. The van der Waals surface area contributed by atoms with Crippen molar-refractivity contribution in [1.82, 2.24) is 9.97 Å². The lowest BCUT2D eigenvalue weighted by Gasteiger charge is -2.12. The quantitative estimate of drug-likeness (QED) is 0.867. The van der Waals surface area contributed by atoms with Crippen LogP contribution in [0.5, 0.6) is 5.88 Å². The van der Waals surface area contributed by atoms with Crippen LogP contribution in [0.2, 0.25) is 0 Å². The zero-order chi connectivity index (χ0) is 12.1. The molecule has 1 aromatic carbocycles. The minimum atomic E-state index is -0.0956. The Balaban J connectivity index is 2.16. The van der Waals surface area contributed by atoms with E-state index in [9.17, 15) is 0 Å². The smallest absolute Gasteiger partial charge is 0.235 e. The van der Waals surface area contributed by atoms with E-state index in [1.54, 1.807) is 19.5 Å². The second kappa shape index (κ2) is 5.41. The fraction of sp³-hybridized carbons (Fsp3) is 0.231. The van der Waals surface area contributed by atoms with E-state index >= 15 is 0 Å². The first-order valence-electron chi connectivity index (χ1n) is 5.45. The third-order valence-electron chi connectivity index (χ3n) is 2.57. The zero-order valence-electron chi connectivity index (χ0n) is 9.71. The van der Waals surface area contributed by atoms with Gasteiger partial charge >= 0.3 is 0 Å². The Morgan fingerprint density at radius 1 is 1.18 bits per heavy atom. The Labute approximate surface area is 100 Å². The van der Waals surface area contributed by atoms with Crippen molar-refractivity contribution >= 4 is 0 Å². The van der Waals surface area contributed by atoms with Gasteiger partial charge in [-0.2, -0.15) is 0 Å². The number of nitrogens with two attached hydrogens (primary N) is 1. The molecule has 0 radical (unpaired) electrons. The van der Waals surface area contributed by atoms with Crippen LogP contribution in [0, 0.1) is 0 Å². The molecule has 2 rings (SSSR count). The summed E-state index contributed by atoms with van der Waals surface area (Å²) in [7, 11) is 1.58. The van der Waals surface area contributed by atoms with Crippen LogP contribution in [0.4, 0.5) is 0 Å². The number of rotatable bonds is 4. The molecule has 17 heavy (non-hydrogen) atoms. The van der Waals surface area contributed by atoms with Crippen LogP contribution in [0.1, 0.15) is 17.3 Å². The van der Waals surface area contributed by atoms with E-state index in [1.165, 1.54) is 0 Å². The van der Waals surface area contributed by atoms with Gasteiger partial charge in [-0.05, 0) is 5.56 Å². The van der Waals surface area contributed by atoms with E-state index in [0.29, 0.717) is 12.3 Å². The Hall–Kier alpha value is -1.94. The summed E-state index contributed by atoms with van der Waals surface area (Å²) in [6, 6.07) is 9.84. The van der Waals surface area contributed by atoms with Crippen molar-refractivity contribution in [1.29, 1.82) is 0 Å². The average molecular weight is 229 g/mol. The second-order valence-electron chi connectivity index (χ2n) is 3.73. The van der Waals surface area contributed by atoms with E-state index in [0.717, 1.165) is 11.3 Å². The van der Waals surface area contributed by atoms with Crippen LogP contribution in [0.15, 0.2) is 42.7 Å². The Morgan fingerprint density at radius 2 is 1.88 bits per heavy atom.